The van der Waals surface area contributed by atoms with Gasteiger partial charge in [0, 0.05) is 12.0 Å². The number of nitrogens with one attached hydrogen (secondary N) is 1. The van der Waals surface area contributed by atoms with Gasteiger partial charge in [0.2, 0.25) is 0 Å². The average Bonchev–Trinajstić information content (AvgIpc) is 3.38. The minimum atomic E-state index is -0.745. The van der Waals surface area contributed by atoms with Crippen LogP contribution in [0, 0.1) is 13.8 Å². The molecular weight excluding hydrogens is 380 g/mol. The van der Waals surface area contributed by atoms with Gasteiger partial charge in [-0.1, -0.05) is 0 Å². The van der Waals surface area contributed by atoms with Crippen molar-refractivity contribution in [1.82, 2.24) is 10.3 Å². The van der Waals surface area contributed by atoms with Gasteiger partial charge in [-0.15, -0.1) is 11.3 Å². The highest BCUT2D eigenvalue weighted by atomic mass is 32.1. The number of aliphatic hydroxyl groups is 1. The lowest BCUT2D eigenvalue weighted by molar-refractivity contribution is 0.0789. The second-order valence-electron chi connectivity index (χ2n) is 7.04. The highest BCUT2D eigenvalue weighted by molar-refractivity contribution is 7.09. The van der Waals surface area contributed by atoms with E-state index in [1.165, 1.54) is 0 Å². The second kappa shape index (κ2) is 7.54. The molecule has 7 nitrogen and oxygen atoms in total. The maximum Gasteiger partial charge on any atom is 0.256 e. The van der Waals surface area contributed by atoms with E-state index in [1.807, 2.05) is 19.1 Å². The van der Waals surface area contributed by atoms with Crippen molar-refractivity contribution in [2.24, 2.45) is 0 Å². The molecule has 0 aliphatic carbocycles. The first-order valence-electron chi connectivity index (χ1n) is 9.07. The zero-order valence-corrected chi connectivity index (χ0v) is 16.6. The number of furan rings is 1. The molecule has 0 bridgehead atoms. The Morgan fingerprint density at radius 3 is 2.96 bits per heavy atom. The molecule has 1 saturated heterocycles. The van der Waals surface area contributed by atoms with Crippen molar-refractivity contribution in [1.29, 1.82) is 0 Å². The molecule has 1 aromatic carbocycles. The Labute approximate surface area is 166 Å². The number of carbonyl (C=O) groups excluding carboxylic acids is 1. The molecule has 3 aromatic rings. The van der Waals surface area contributed by atoms with Gasteiger partial charge in [-0.2, -0.15) is 0 Å². The average molecular weight is 402 g/mol. The molecule has 148 valence electrons. The number of amides is 1. The monoisotopic (exact) mass is 402 g/mol. The second-order valence-corrected chi connectivity index (χ2v) is 7.98. The fraction of sp³-hybridized carbons (Fsp3) is 0.400. The lowest BCUT2D eigenvalue weighted by atomic mass is 9.99. The Morgan fingerprint density at radius 2 is 2.29 bits per heavy atom. The van der Waals surface area contributed by atoms with Crippen molar-refractivity contribution >= 4 is 28.2 Å². The van der Waals surface area contributed by atoms with Crippen LogP contribution in [0.3, 0.4) is 0 Å². The van der Waals surface area contributed by atoms with Crippen LogP contribution in [0.2, 0.25) is 0 Å². The van der Waals surface area contributed by atoms with E-state index in [1.54, 1.807) is 29.8 Å². The molecule has 2 N–H and O–H groups in total. The van der Waals surface area contributed by atoms with Crippen LogP contribution in [0.15, 0.2) is 28.1 Å². The number of aliphatic hydroxyl groups excluding tert-OH is 1. The quantitative estimate of drug-likeness (QED) is 0.658. The van der Waals surface area contributed by atoms with Crippen molar-refractivity contribution in [3.8, 4) is 5.75 Å². The lowest BCUT2D eigenvalue weighted by Crippen LogP contribution is -2.52. The van der Waals surface area contributed by atoms with Crippen LogP contribution in [-0.4, -0.2) is 41.4 Å². The highest BCUT2D eigenvalue weighted by Crippen LogP contribution is 2.30. The molecule has 8 heteroatoms. The number of rotatable bonds is 6. The predicted octanol–water partition coefficient (Wildman–Crippen LogP) is 2.97. The summed E-state index contributed by atoms with van der Waals surface area (Å²) in [6.45, 7) is 4.77. The largest absolute Gasteiger partial charge is 0.488 e. The molecule has 1 aliphatic heterocycles. The predicted molar refractivity (Wildman–Crippen MR) is 105 cm³/mol. The van der Waals surface area contributed by atoms with Crippen LogP contribution in [-0.2, 0) is 11.3 Å². The van der Waals surface area contributed by atoms with Gasteiger partial charge in [0.1, 0.15) is 23.7 Å². The van der Waals surface area contributed by atoms with Gasteiger partial charge in [0.25, 0.3) is 5.91 Å². The summed E-state index contributed by atoms with van der Waals surface area (Å²) in [5.41, 5.74) is 3.07. The first kappa shape index (κ1) is 18.9. The number of carbonyl (C=O) groups is 1. The number of thiazole rings is 1. The molecular formula is C20H22N2O5S. The Kier molecular flexibility index (Phi) is 5.09. The first-order chi connectivity index (χ1) is 13.5. The molecule has 0 radical (unpaired) electrons. The summed E-state index contributed by atoms with van der Waals surface area (Å²) < 4.78 is 17.0. The molecule has 1 amide bonds. The molecule has 28 heavy (non-hydrogen) atoms. The summed E-state index contributed by atoms with van der Waals surface area (Å²) >= 11 is 1.55. The fourth-order valence-corrected chi connectivity index (χ4v) is 4.05. The standard InChI is InChI=1S/C20H22N2O5S/c1-12-17(28-11-21-12)8-26-14-3-4-16-15(7-14)18(13(2)27-16)19(24)22-20(9-23)5-6-25-10-20/h3-4,7,11,23H,5-6,8-10H2,1-2H3,(H,22,24). The van der Waals surface area contributed by atoms with Crippen LogP contribution in [0.5, 0.6) is 5.75 Å². The summed E-state index contributed by atoms with van der Waals surface area (Å²) in [6.07, 6.45) is 0.576. The number of benzene rings is 1. The number of hydrogen-bond acceptors (Lipinski definition) is 7. The summed E-state index contributed by atoms with van der Waals surface area (Å²) in [7, 11) is 0. The van der Waals surface area contributed by atoms with Crippen molar-refractivity contribution in [3.63, 3.8) is 0 Å². The number of aryl methyl sites for hydroxylation is 2. The maximum absolute atomic E-state index is 13.0. The molecule has 3 heterocycles. The lowest BCUT2D eigenvalue weighted by Gasteiger charge is -2.26. The van der Waals surface area contributed by atoms with Gasteiger partial charge in [-0.3, -0.25) is 4.79 Å². The van der Waals surface area contributed by atoms with E-state index in [9.17, 15) is 9.90 Å². The summed E-state index contributed by atoms with van der Waals surface area (Å²) in [5.74, 6) is 0.887. The zero-order chi connectivity index (χ0) is 19.7. The number of nitrogens with zero attached hydrogens (tertiary/aromatic N) is 1. The third-order valence-electron chi connectivity index (χ3n) is 5.06. The first-order valence-corrected chi connectivity index (χ1v) is 9.95. The van der Waals surface area contributed by atoms with Crippen LogP contribution >= 0.6 is 11.3 Å². The normalized spacial score (nSPS) is 19.2. The zero-order valence-electron chi connectivity index (χ0n) is 15.8. The molecule has 1 atom stereocenters. The van der Waals surface area contributed by atoms with E-state index in [4.69, 9.17) is 13.9 Å². The molecule has 0 saturated carbocycles. The highest BCUT2D eigenvalue weighted by Gasteiger charge is 2.37. The van der Waals surface area contributed by atoms with E-state index in [-0.39, 0.29) is 12.5 Å². The van der Waals surface area contributed by atoms with Crippen LogP contribution in [0.25, 0.3) is 11.0 Å². The van der Waals surface area contributed by atoms with E-state index in [0.717, 1.165) is 10.6 Å². The van der Waals surface area contributed by atoms with E-state index >= 15 is 0 Å². The minimum absolute atomic E-state index is 0.171. The molecule has 1 unspecified atom stereocenters. The summed E-state index contributed by atoms with van der Waals surface area (Å²) in [5, 5.41) is 13.3. The van der Waals surface area contributed by atoms with E-state index in [0.29, 0.717) is 54.3 Å². The van der Waals surface area contributed by atoms with Gasteiger partial charge in [0.05, 0.1) is 40.4 Å². The van der Waals surface area contributed by atoms with Gasteiger partial charge < -0.3 is 24.3 Å². The Balaban J connectivity index is 1.60. The minimum Gasteiger partial charge on any atom is -0.488 e. The number of aromatic nitrogens is 1. The van der Waals surface area contributed by atoms with Crippen molar-refractivity contribution in [2.45, 2.75) is 32.4 Å². The van der Waals surface area contributed by atoms with Crippen LogP contribution in [0.4, 0.5) is 0 Å². The van der Waals surface area contributed by atoms with Crippen LogP contribution < -0.4 is 10.1 Å². The SMILES string of the molecule is Cc1ncsc1COc1ccc2oc(C)c(C(=O)NC3(CO)CCOC3)c2c1. The summed E-state index contributed by atoms with van der Waals surface area (Å²) in [6, 6.07) is 5.44. The van der Waals surface area contributed by atoms with E-state index in [2.05, 4.69) is 10.3 Å². The third-order valence-corrected chi connectivity index (χ3v) is 5.97. The van der Waals surface area contributed by atoms with Gasteiger partial charge in [-0.25, -0.2) is 4.98 Å². The van der Waals surface area contributed by atoms with Crippen molar-refractivity contribution in [2.75, 3.05) is 19.8 Å². The van der Waals surface area contributed by atoms with Crippen molar-refractivity contribution < 1.29 is 23.8 Å². The molecule has 2 aromatic heterocycles. The van der Waals surface area contributed by atoms with Gasteiger partial charge in [-0.05, 0) is 38.5 Å². The van der Waals surface area contributed by atoms with Crippen molar-refractivity contribution in [3.05, 3.63) is 45.6 Å². The smallest absolute Gasteiger partial charge is 0.256 e. The van der Waals surface area contributed by atoms with Gasteiger partial charge in [0.15, 0.2) is 0 Å². The topological polar surface area (TPSA) is 93.8 Å². The molecule has 4 rings (SSSR count). The number of hydrogen-bond donors (Lipinski definition) is 2. The fourth-order valence-electron chi connectivity index (χ4n) is 3.36. The number of ether oxygens (including phenoxy) is 2. The maximum atomic E-state index is 13.0. The Bertz CT molecular complexity index is 1000. The molecule has 1 aliphatic rings. The van der Waals surface area contributed by atoms with Crippen LogP contribution in [0.1, 0.15) is 33.1 Å². The molecule has 1 fully saturated rings. The van der Waals surface area contributed by atoms with E-state index < -0.39 is 5.54 Å². The Morgan fingerprint density at radius 1 is 1.43 bits per heavy atom. The Hall–Kier alpha value is -2.42. The summed E-state index contributed by atoms with van der Waals surface area (Å²) in [4.78, 5) is 18.3. The van der Waals surface area contributed by atoms with Gasteiger partial charge >= 0.3 is 0 Å². The third kappa shape index (κ3) is 3.50. The number of fused-ring (bicyclic) bond motifs is 1. The molecule has 0 spiro atoms.